The molecule has 0 aliphatic carbocycles. The maximum Gasteiger partial charge on any atom is 0.274 e. The lowest BCUT2D eigenvalue weighted by atomic mass is 10.1. The molecule has 0 atom stereocenters. The number of nitrogens with zero attached hydrogens (tertiary/aromatic N) is 3. The quantitative estimate of drug-likeness (QED) is 0.638. The van der Waals surface area contributed by atoms with Crippen molar-refractivity contribution in [3.8, 4) is 0 Å². The van der Waals surface area contributed by atoms with Crippen LogP contribution in [0.2, 0.25) is 0 Å². The zero-order chi connectivity index (χ0) is 15.4. The van der Waals surface area contributed by atoms with Crippen LogP contribution in [-0.4, -0.2) is 47.1 Å². The molecule has 3 N–H and O–H groups in total. The summed E-state index contributed by atoms with van der Waals surface area (Å²) in [6, 6.07) is 0. The Labute approximate surface area is 124 Å². The molecule has 0 spiro atoms. The number of ether oxygens (including phenoxy) is 1. The number of amides is 1. The molecule has 0 bridgehead atoms. The molecule has 1 aromatic heterocycles. The number of hydrogen-bond donors (Lipinski definition) is 2. The number of hydrogen-bond acceptors (Lipinski definition) is 6. The average molecular weight is 293 g/mol. The van der Waals surface area contributed by atoms with Crippen LogP contribution < -0.4 is 11.3 Å². The lowest BCUT2D eigenvalue weighted by Crippen LogP contribution is -2.41. The molecule has 0 radical (unpaired) electrons. The van der Waals surface area contributed by atoms with Gasteiger partial charge in [0.15, 0.2) is 5.69 Å². The monoisotopic (exact) mass is 293 g/mol. The van der Waals surface area contributed by atoms with E-state index in [4.69, 9.17) is 10.6 Å². The number of hydrazine groups is 1. The summed E-state index contributed by atoms with van der Waals surface area (Å²) in [5, 5.41) is 0. The number of carbonyl (C=O) groups is 1. The van der Waals surface area contributed by atoms with Gasteiger partial charge in [0.1, 0.15) is 5.82 Å². The van der Waals surface area contributed by atoms with E-state index >= 15 is 0 Å². The number of likely N-dealkylation sites (tertiary alicyclic amines) is 1. The molecule has 1 aliphatic rings. The summed E-state index contributed by atoms with van der Waals surface area (Å²) in [4.78, 5) is 23.0. The van der Waals surface area contributed by atoms with Crippen molar-refractivity contribution in [2.24, 2.45) is 5.84 Å². The number of anilines is 1. The van der Waals surface area contributed by atoms with Crippen molar-refractivity contribution in [1.82, 2.24) is 14.9 Å². The van der Waals surface area contributed by atoms with E-state index in [1.54, 1.807) is 18.2 Å². The lowest BCUT2D eigenvalue weighted by molar-refractivity contribution is 0.0348. The Hall–Kier alpha value is -1.73. The van der Waals surface area contributed by atoms with Gasteiger partial charge in [0.2, 0.25) is 0 Å². The number of nitrogens with two attached hydrogens (primary N) is 1. The highest BCUT2D eigenvalue weighted by Gasteiger charge is 2.26. The molecule has 0 aromatic carbocycles. The second kappa shape index (κ2) is 6.82. The Kier molecular flexibility index (Phi) is 5.08. The third-order valence-corrected chi connectivity index (χ3v) is 3.74. The van der Waals surface area contributed by atoms with Crippen LogP contribution in [0.3, 0.4) is 0 Å². The van der Waals surface area contributed by atoms with Gasteiger partial charge in [-0.1, -0.05) is 13.8 Å². The fourth-order valence-electron chi connectivity index (χ4n) is 2.39. The molecule has 116 valence electrons. The maximum absolute atomic E-state index is 12.6. The normalized spacial score (nSPS) is 16.3. The van der Waals surface area contributed by atoms with E-state index in [1.165, 1.54) is 0 Å². The first-order valence-corrected chi connectivity index (χ1v) is 7.22. The van der Waals surface area contributed by atoms with Crippen LogP contribution in [0.4, 0.5) is 5.69 Å². The Morgan fingerprint density at radius 3 is 2.67 bits per heavy atom. The van der Waals surface area contributed by atoms with Crippen molar-refractivity contribution in [3.05, 3.63) is 17.7 Å². The minimum Gasteiger partial charge on any atom is -0.381 e. The maximum atomic E-state index is 12.6. The van der Waals surface area contributed by atoms with Crippen molar-refractivity contribution in [2.75, 3.05) is 25.6 Å². The third kappa shape index (κ3) is 3.48. The molecule has 2 heterocycles. The molecular weight excluding hydrogens is 270 g/mol. The van der Waals surface area contributed by atoms with Crippen LogP contribution in [0.15, 0.2) is 6.20 Å². The SMILES string of the molecule is COC1CCN(C(=O)c2nc(C(C)C)ncc2NN)CC1. The predicted octanol–water partition coefficient (Wildman–Crippen LogP) is 1.14. The Morgan fingerprint density at radius 1 is 1.48 bits per heavy atom. The van der Waals surface area contributed by atoms with Gasteiger partial charge in [-0.15, -0.1) is 0 Å². The fraction of sp³-hybridized carbons (Fsp3) is 0.643. The summed E-state index contributed by atoms with van der Waals surface area (Å²) in [7, 11) is 1.71. The smallest absolute Gasteiger partial charge is 0.274 e. The third-order valence-electron chi connectivity index (χ3n) is 3.74. The van der Waals surface area contributed by atoms with Gasteiger partial charge in [-0.2, -0.15) is 0 Å². The van der Waals surface area contributed by atoms with Crippen LogP contribution in [0.5, 0.6) is 0 Å². The van der Waals surface area contributed by atoms with Crippen LogP contribution in [0.25, 0.3) is 0 Å². The number of aromatic nitrogens is 2. The summed E-state index contributed by atoms with van der Waals surface area (Å²) in [5.41, 5.74) is 3.30. The number of rotatable bonds is 4. The van der Waals surface area contributed by atoms with E-state index in [-0.39, 0.29) is 17.9 Å². The molecule has 1 fully saturated rings. The second-order valence-electron chi connectivity index (χ2n) is 5.52. The minimum absolute atomic E-state index is 0.109. The number of carbonyl (C=O) groups excluding carboxylic acids is 1. The Balaban J connectivity index is 2.20. The predicted molar refractivity (Wildman–Crippen MR) is 79.9 cm³/mol. The standard InChI is InChI=1S/C14H23N5O2/c1-9(2)13-16-8-11(18-15)12(17-13)14(20)19-6-4-10(21-3)5-7-19/h8-10,18H,4-7,15H2,1-3H3. The van der Waals surface area contributed by atoms with Crippen LogP contribution in [0.1, 0.15) is 48.9 Å². The molecule has 7 heteroatoms. The lowest BCUT2D eigenvalue weighted by Gasteiger charge is -2.31. The second-order valence-corrected chi connectivity index (χ2v) is 5.52. The molecule has 7 nitrogen and oxygen atoms in total. The first-order valence-electron chi connectivity index (χ1n) is 7.22. The molecule has 1 saturated heterocycles. The van der Waals surface area contributed by atoms with E-state index in [0.29, 0.717) is 30.3 Å². The van der Waals surface area contributed by atoms with Gasteiger partial charge < -0.3 is 15.1 Å². The van der Waals surface area contributed by atoms with Gasteiger partial charge in [0.25, 0.3) is 5.91 Å². The topological polar surface area (TPSA) is 93.4 Å². The number of nitrogen functional groups attached to an aromatic ring is 1. The van der Waals surface area contributed by atoms with Gasteiger partial charge in [-0.05, 0) is 12.8 Å². The molecule has 0 saturated carbocycles. The first-order chi connectivity index (χ1) is 10.1. The molecule has 1 aliphatic heterocycles. The Bertz CT molecular complexity index is 498. The van der Waals surface area contributed by atoms with Gasteiger partial charge >= 0.3 is 0 Å². The van der Waals surface area contributed by atoms with Crippen LogP contribution >= 0.6 is 0 Å². The van der Waals surface area contributed by atoms with E-state index in [0.717, 1.165) is 12.8 Å². The molecule has 1 aromatic rings. The molecule has 1 amide bonds. The van der Waals surface area contributed by atoms with Gasteiger partial charge in [0.05, 0.1) is 18.0 Å². The van der Waals surface area contributed by atoms with E-state index < -0.39 is 0 Å². The summed E-state index contributed by atoms with van der Waals surface area (Å²) >= 11 is 0. The van der Waals surface area contributed by atoms with Gasteiger partial charge in [-0.25, -0.2) is 9.97 Å². The van der Waals surface area contributed by atoms with Crippen molar-refractivity contribution in [3.63, 3.8) is 0 Å². The van der Waals surface area contributed by atoms with Crippen LogP contribution in [0, 0.1) is 0 Å². The summed E-state index contributed by atoms with van der Waals surface area (Å²) in [5.74, 6) is 6.16. The molecular formula is C14H23N5O2. The number of nitrogens with one attached hydrogen (secondary N) is 1. The molecule has 21 heavy (non-hydrogen) atoms. The van der Waals surface area contributed by atoms with Gasteiger partial charge in [-0.3, -0.25) is 10.6 Å². The Morgan fingerprint density at radius 2 is 2.14 bits per heavy atom. The number of methoxy groups -OCH3 is 1. The molecule has 0 unspecified atom stereocenters. The van der Waals surface area contributed by atoms with E-state index in [1.807, 2.05) is 13.8 Å². The highest BCUT2D eigenvalue weighted by molar-refractivity contribution is 5.97. The van der Waals surface area contributed by atoms with E-state index in [9.17, 15) is 4.79 Å². The van der Waals surface area contributed by atoms with Crippen molar-refractivity contribution in [2.45, 2.75) is 38.7 Å². The van der Waals surface area contributed by atoms with Crippen molar-refractivity contribution < 1.29 is 9.53 Å². The highest BCUT2D eigenvalue weighted by atomic mass is 16.5. The fourth-order valence-corrected chi connectivity index (χ4v) is 2.39. The van der Waals surface area contributed by atoms with Crippen LogP contribution in [-0.2, 0) is 4.74 Å². The van der Waals surface area contributed by atoms with Gasteiger partial charge in [0, 0.05) is 26.1 Å². The zero-order valence-corrected chi connectivity index (χ0v) is 12.8. The molecule has 2 rings (SSSR count). The highest BCUT2D eigenvalue weighted by Crippen LogP contribution is 2.20. The van der Waals surface area contributed by atoms with Crippen molar-refractivity contribution >= 4 is 11.6 Å². The minimum atomic E-state index is -0.109. The first kappa shape index (κ1) is 15.7. The largest absolute Gasteiger partial charge is 0.381 e. The zero-order valence-electron chi connectivity index (χ0n) is 12.8. The average Bonchev–Trinajstić information content (AvgIpc) is 2.53. The number of piperidine rings is 1. The summed E-state index contributed by atoms with van der Waals surface area (Å²) in [6.45, 7) is 5.32. The van der Waals surface area contributed by atoms with E-state index in [2.05, 4.69) is 15.4 Å². The summed E-state index contributed by atoms with van der Waals surface area (Å²) in [6.07, 6.45) is 3.49. The summed E-state index contributed by atoms with van der Waals surface area (Å²) < 4.78 is 5.32. The van der Waals surface area contributed by atoms with Crippen molar-refractivity contribution in [1.29, 1.82) is 0 Å².